The van der Waals surface area contributed by atoms with E-state index >= 15 is 0 Å². The summed E-state index contributed by atoms with van der Waals surface area (Å²) in [6, 6.07) is 12.0. The van der Waals surface area contributed by atoms with Gasteiger partial charge in [-0.1, -0.05) is 24.3 Å². The van der Waals surface area contributed by atoms with Gasteiger partial charge in [0.05, 0.1) is 12.1 Å². The second-order valence-electron chi connectivity index (χ2n) is 5.67. The number of benzene rings is 2. The molecule has 0 aliphatic rings. The second-order valence-corrected chi connectivity index (χ2v) is 6.72. The number of halogens is 3. The van der Waals surface area contributed by atoms with Crippen LogP contribution in [0.25, 0.3) is 4.85 Å². The average Bonchev–Trinajstić information content (AvgIpc) is 2.60. The van der Waals surface area contributed by atoms with Gasteiger partial charge in [-0.05, 0) is 31.2 Å². The predicted molar refractivity (Wildman–Crippen MR) is 94.1 cm³/mol. The van der Waals surface area contributed by atoms with E-state index in [9.17, 15) is 23.1 Å². The summed E-state index contributed by atoms with van der Waals surface area (Å²) in [5.74, 6) is -0.806. The summed E-state index contributed by atoms with van der Waals surface area (Å²) in [5.41, 5.74) is -3.62. The lowest BCUT2D eigenvalue weighted by Gasteiger charge is -2.22. The van der Waals surface area contributed by atoms with Crippen molar-refractivity contribution in [2.45, 2.75) is 23.6 Å². The number of alkyl halides is 3. The Morgan fingerprint density at radius 1 is 1.23 bits per heavy atom. The molecule has 2 aromatic carbocycles. The number of hydrogen-bond acceptors (Lipinski definition) is 3. The van der Waals surface area contributed by atoms with Crippen molar-refractivity contribution in [2.75, 3.05) is 11.1 Å². The van der Waals surface area contributed by atoms with Crippen LogP contribution in [0, 0.1) is 6.57 Å². The summed E-state index contributed by atoms with van der Waals surface area (Å²) in [6.07, 6.45) is -4.72. The average molecular weight is 380 g/mol. The molecule has 0 saturated carbocycles. The van der Waals surface area contributed by atoms with Gasteiger partial charge in [0.25, 0.3) is 5.91 Å². The minimum absolute atomic E-state index is 0.0229. The largest absolute Gasteiger partial charge is 0.407 e. The monoisotopic (exact) mass is 380 g/mol. The van der Waals surface area contributed by atoms with E-state index in [2.05, 4.69) is 10.2 Å². The first-order valence-corrected chi connectivity index (χ1v) is 8.42. The van der Waals surface area contributed by atoms with E-state index < -0.39 is 28.9 Å². The Bertz CT molecular complexity index is 831. The van der Waals surface area contributed by atoms with E-state index in [-0.39, 0.29) is 11.4 Å². The highest BCUT2D eigenvalue weighted by Crippen LogP contribution is 2.38. The zero-order valence-corrected chi connectivity index (χ0v) is 14.5. The van der Waals surface area contributed by atoms with Crippen molar-refractivity contribution in [1.82, 2.24) is 0 Å². The lowest BCUT2D eigenvalue weighted by molar-refractivity contribution is -0.137. The van der Waals surface area contributed by atoms with Crippen molar-refractivity contribution in [3.63, 3.8) is 0 Å². The topological polar surface area (TPSA) is 53.7 Å². The van der Waals surface area contributed by atoms with Crippen molar-refractivity contribution in [3.05, 3.63) is 65.5 Å². The molecule has 0 aliphatic heterocycles. The van der Waals surface area contributed by atoms with Gasteiger partial charge in [0.2, 0.25) is 0 Å². The Morgan fingerprint density at radius 3 is 2.46 bits per heavy atom. The lowest BCUT2D eigenvalue weighted by atomic mass is 10.1. The van der Waals surface area contributed by atoms with E-state index in [4.69, 9.17) is 6.57 Å². The number of nitrogens with zero attached hydrogens (tertiary/aromatic N) is 1. The highest BCUT2D eigenvalue weighted by atomic mass is 32.2. The molecule has 8 heteroatoms. The maximum atomic E-state index is 13.0. The standard InChI is InChI=1S/C18H15F3N2O2S/c1-17(25,11-26-13-6-4-3-5-7-13)16(24)23-12-8-9-15(22-2)14(10-12)18(19,20)21/h3-10,25H,11H2,1H3,(H,23,24)/t17-/m0/s1. The Kier molecular flexibility index (Phi) is 5.95. The number of aliphatic hydroxyl groups is 1. The number of rotatable bonds is 5. The van der Waals surface area contributed by atoms with Gasteiger partial charge >= 0.3 is 6.18 Å². The van der Waals surface area contributed by atoms with Gasteiger partial charge in [-0.25, -0.2) is 4.85 Å². The van der Waals surface area contributed by atoms with Gasteiger partial charge in [0.1, 0.15) is 5.60 Å². The zero-order valence-electron chi connectivity index (χ0n) is 13.7. The van der Waals surface area contributed by atoms with Crippen LogP contribution < -0.4 is 5.32 Å². The number of carbonyl (C=O) groups is 1. The fourth-order valence-electron chi connectivity index (χ4n) is 2.01. The number of thioether (sulfide) groups is 1. The van der Waals surface area contributed by atoms with Crippen molar-refractivity contribution < 1.29 is 23.1 Å². The van der Waals surface area contributed by atoms with Crippen LogP contribution in [0.15, 0.2) is 53.4 Å². The van der Waals surface area contributed by atoms with Gasteiger partial charge in [0.15, 0.2) is 5.69 Å². The van der Waals surface area contributed by atoms with E-state index in [1.807, 2.05) is 30.3 Å². The molecule has 2 rings (SSSR count). The molecule has 0 bridgehead atoms. The zero-order chi connectivity index (χ0) is 19.4. The number of anilines is 1. The summed E-state index contributed by atoms with van der Waals surface area (Å²) in [5, 5.41) is 12.6. The van der Waals surface area contributed by atoms with Gasteiger partial charge in [-0.15, -0.1) is 11.8 Å². The third-order valence-corrected chi connectivity index (χ3v) is 4.74. The minimum atomic E-state index is -4.72. The molecule has 1 atom stereocenters. The number of carbonyl (C=O) groups excluding carboxylic acids is 1. The van der Waals surface area contributed by atoms with Crippen LogP contribution in [0.4, 0.5) is 24.5 Å². The molecular weight excluding hydrogens is 365 g/mol. The normalized spacial score (nSPS) is 13.5. The summed E-state index contributed by atoms with van der Waals surface area (Å²) in [6.45, 7) is 8.10. The Balaban J connectivity index is 2.12. The molecule has 2 N–H and O–H groups in total. The Labute approximate surface area is 152 Å². The lowest BCUT2D eigenvalue weighted by Crippen LogP contribution is -2.42. The number of nitrogens with one attached hydrogen (secondary N) is 1. The fourth-order valence-corrected chi connectivity index (χ4v) is 2.94. The van der Waals surface area contributed by atoms with Crippen LogP contribution in [-0.2, 0) is 11.0 Å². The molecule has 0 unspecified atom stereocenters. The summed E-state index contributed by atoms with van der Waals surface area (Å²) in [4.78, 5) is 15.9. The van der Waals surface area contributed by atoms with Crippen LogP contribution in [-0.4, -0.2) is 22.4 Å². The highest BCUT2D eigenvalue weighted by molar-refractivity contribution is 7.99. The maximum Gasteiger partial charge on any atom is 0.407 e. The van der Waals surface area contributed by atoms with Gasteiger partial charge < -0.3 is 10.4 Å². The van der Waals surface area contributed by atoms with Crippen molar-refractivity contribution in [1.29, 1.82) is 0 Å². The first-order valence-electron chi connectivity index (χ1n) is 7.44. The van der Waals surface area contributed by atoms with E-state index in [0.717, 1.165) is 11.0 Å². The third-order valence-electron chi connectivity index (χ3n) is 3.43. The number of hydrogen-bond donors (Lipinski definition) is 2. The molecule has 1 amide bonds. The molecule has 0 aliphatic carbocycles. The molecule has 0 heterocycles. The highest BCUT2D eigenvalue weighted by Gasteiger charge is 2.35. The van der Waals surface area contributed by atoms with Crippen LogP contribution in [0.5, 0.6) is 0 Å². The van der Waals surface area contributed by atoms with Crippen LogP contribution in [0.3, 0.4) is 0 Å². The van der Waals surface area contributed by atoms with Crippen molar-refractivity contribution in [3.8, 4) is 0 Å². The van der Waals surface area contributed by atoms with E-state index in [0.29, 0.717) is 6.07 Å². The van der Waals surface area contributed by atoms with Crippen molar-refractivity contribution in [2.24, 2.45) is 0 Å². The maximum absolute atomic E-state index is 13.0. The van der Waals surface area contributed by atoms with Crippen LogP contribution in [0.1, 0.15) is 12.5 Å². The summed E-state index contributed by atoms with van der Waals surface area (Å²) in [7, 11) is 0. The van der Waals surface area contributed by atoms with Gasteiger partial charge in [-0.2, -0.15) is 13.2 Å². The van der Waals surface area contributed by atoms with Gasteiger partial charge in [-0.3, -0.25) is 4.79 Å². The van der Waals surface area contributed by atoms with Crippen LogP contribution in [0.2, 0.25) is 0 Å². The number of amides is 1. The van der Waals surface area contributed by atoms with E-state index in [1.165, 1.54) is 24.8 Å². The van der Waals surface area contributed by atoms with Crippen molar-refractivity contribution >= 4 is 29.0 Å². The molecule has 2 aromatic rings. The Hall–Kier alpha value is -2.50. The quantitative estimate of drug-likeness (QED) is 0.582. The Morgan fingerprint density at radius 2 is 1.88 bits per heavy atom. The predicted octanol–water partition coefficient (Wildman–Crippen LogP) is 4.74. The van der Waals surface area contributed by atoms with E-state index in [1.54, 1.807) is 0 Å². The summed E-state index contributed by atoms with van der Waals surface area (Å²) < 4.78 is 39.0. The molecule has 0 aromatic heterocycles. The molecular formula is C18H15F3N2O2S. The molecule has 4 nitrogen and oxygen atoms in total. The van der Waals surface area contributed by atoms with Crippen LogP contribution >= 0.6 is 11.8 Å². The molecule has 0 fully saturated rings. The smallest absolute Gasteiger partial charge is 0.379 e. The first kappa shape index (κ1) is 19.8. The third kappa shape index (κ3) is 5.00. The first-order chi connectivity index (χ1) is 12.1. The molecule has 26 heavy (non-hydrogen) atoms. The molecule has 0 radical (unpaired) electrons. The molecule has 0 saturated heterocycles. The molecule has 0 spiro atoms. The fraction of sp³-hybridized carbons (Fsp3) is 0.222. The van der Waals surface area contributed by atoms with Gasteiger partial charge in [0, 0.05) is 16.3 Å². The summed E-state index contributed by atoms with van der Waals surface area (Å²) >= 11 is 1.25. The second kappa shape index (κ2) is 7.81. The minimum Gasteiger partial charge on any atom is -0.379 e. The molecule has 136 valence electrons. The SMILES string of the molecule is [C-]#[N+]c1ccc(NC(=O)[C@@](C)(O)CSc2ccccc2)cc1C(F)(F)F.